The number of piperazine rings is 1. The van der Waals surface area contributed by atoms with Crippen LogP contribution in [-0.2, 0) is 14.8 Å². The fourth-order valence-electron chi connectivity index (χ4n) is 4.13. The fourth-order valence-corrected chi connectivity index (χ4v) is 6.49. The Morgan fingerprint density at radius 2 is 1.56 bits per heavy atom. The van der Waals surface area contributed by atoms with Gasteiger partial charge in [-0.2, -0.15) is 4.31 Å². The third-order valence-corrected chi connectivity index (χ3v) is 8.96. The van der Waals surface area contributed by atoms with Crippen LogP contribution in [0.4, 0.5) is 5.69 Å². The zero-order valence-corrected chi connectivity index (χ0v) is 21.3. The molecule has 1 fully saturated rings. The highest BCUT2D eigenvalue weighted by molar-refractivity contribution is 7.99. The van der Waals surface area contributed by atoms with Crippen molar-refractivity contribution in [2.24, 2.45) is 0 Å². The van der Waals surface area contributed by atoms with Crippen LogP contribution in [0.15, 0.2) is 87.5 Å². The van der Waals surface area contributed by atoms with Crippen LogP contribution in [0.2, 0.25) is 0 Å². The van der Waals surface area contributed by atoms with Crippen molar-refractivity contribution in [2.75, 3.05) is 51.3 Å². The molecule has 188 valence electrons. The molecule has 1 saturated heterocycles. The Bertz CT molecular complexity index is 1330. The quantitative estimate of drug-likeness (QED) is 0.505. The van der Waals surface area contributed by atoms with Gasteiger partial charge in [0.1, 0.15) is 13.2 Å². The molecule has 1 amide bonds. The molecule has 10 heteroatoms. The normalized spacial score (nSPS) is 16.4. The Morgan fingerprint density at radius 3 is 2.33 bits per heavy atom. The van der Waals surface area contributed by atoms with Gasteiger partial charge in [-0.15, -0.1) is 0 Å². The number of fused-ring (bicyclic) bond motifs is 1. The van der Waals surface area contributed by atoms with Crippen LogP contribution in [-0.4, -0.2) is 69.5 Å². The van der Waals surface area contributed by atoms with Crippen LogP contribution in [0.1, 0.15) is 0 Å². The lowest BCUT2D eigenvalue weighted by molar-refractivity contribution is -0.117. The fraction of sp³-hybridized carbons (Fsp3) is 0.269. The van der Waals surface area contributed by atoms with Gasteiger partial charge in [0, 0.05) is 42.0 Å². The largest absolute Gasteiger partial charge is 0.486 e. The molecular weight excluding hydrogens is 498 g/mol. The van der Waals surface area contributed by atoms with E-state index in [1.165, 1.54) is 10.4 Å². The van der Waals surface area contributed by atoms with Crippen LogP contribution < -0.4 is 14.8 Å². The maximum Gasteiger partial charge on any atom is 0.243 e. The molecule has 1 N–H and O–H groups in total. The Balaban J connectivity index is 1.17. The maximum atomic E-state index is 13.2. The van der Waals surface area contributed by atoms with Gasteiger partial charge >= 0.3 is 0 Å². The highest BCUT2D eigenvalue weighted by Gasteiger charge is 2.30. The number of para-hydroxylation sites is 1. The number of carbonyl (C=O) groups excluding carboxylic acids is 1. The molecule has 36 heavy (non-hydrogen) atoms. The Kier molecular flexibility index (Phi) is 7.47. The summed E-state index contributed by atoms with van der Waals surface area (Å²) in [6.45, 7) is 2.60. The van der Waals surface area contributed by atoms with Gasteiger partial charge < -0.3 is 14.8 Å². The average molecular weight is 526 g/mol. The SMILES string of the molecule is O=C(CN1CCN(S(=O)(=O)c2ccc3c(c2)OCCO3)CC1)Nc1ccccc1Sc1ccccc1. The van der Waals surface area contributed by atoms with Crippen LogP contribution in [0.3, 0.4) is 0 Å². The molecule has 0 aromatic heterocycles. The number of amides is 1. The molecule has 0 spiro atoms. The summed E-state index contributed by atoms with van der Waals surface area (Å²) < 4.78 is 38.8. The first kappa shape index (κ1) is 24.6. The van der Waals surface area contributed by atoms with Gasteiger partial charge in [-0.25, -0.2) is 8.42 Å². The van der Waals surface area contributed by atoms with E-state index in [2.05, 4.69) is 5.32 Å². The van der Waals surface area contributed by atoms with Gasteiger partial charge in [0.25, 0.3) is 0 Å². The summed E-state index contributed by atoms with van der Waals surface area (Å²) in [5.41, 5.74) is 0.760. The summed E-state index contributed by atoms with van der Waals surface area (Å²) in [6, 6.07) is 22.4. The summed E-state index contributed by atoms with van der Waals surface area (Å²) in [4.78, 5) is 17.0. The average Bonchev–Trinajstić information content (AvgIpc) is 2.90. The summed E-state index contributed by atoms with van der Waals surface area (Å²) in [6.07, 6.45) is 0. The van der Waals surface area contributed by atoms with E-state index in [0.29, 0.717) is 50.9 Å². The zero-order valence-electron chi connectivity index (χ0n) is 19.6. The van der Waals surface area contributed by atoms with Gasteiger partial charge in [-0.1, -0.05) is 42.1 Å². The minimum absolute atomic E-state index is 0.126. The van der Waals surface area contributed by atoms with Crippen molar-refractivity contribution in [1.82, 2.24) is 9.21 Å². The monoisotopic (exact) mass is 525 g/mol. The number of carbonyl (C=O) groups is 1. The van der Waals surface area contributed by atoms with Gasteiger partial charge in [-0.3, -0.25) is 9.69 Å². The van der Waals surface area contributed by atoms with Crippen LogP contribution in [0, 0.1) is 0 Å². The first-order chi connectivity index (χ1) is 17.5. The molecule has 8 nitrogen and oxygen atoms in total. The van der Waals surface area contributed by atoms with E-state index in [0.717, 1.165) is 15.5 Å². The second-order valence-electron chi connectivity index (χ2n) is 8.45. The molecule has 0 radical (unpaired) electrons. The topological polar surface area (TPSA) is 88.2 Å². The lowest BCUT2D eigenvalue weighted by atomic mass is 10.3. The standard InChI is InChI=1S/C26H27N3O5S2/c30-26(27-22-8-4-5-9-25(22)35-20-6-2-1-3-7-20)19-28-12-14-29(15-13-28)36(31,32)21-10-11-23-24(18-21)34-17-16-33-23/h1-11,18H,12-17,19H2,(H,27,30). The summed E-state index contributed by atoms with van der Waals surface area (Å²) >= 11 is 1.59. The number of sulfonamides is 1. The second-order valence-corrected chi connectivity index (χ2v) is 11.5. The minimum atomic E-state index is -3.66. The molecule has 0 saturated carbocycles. The van der Waals surface area contributed by atoms with E-state index in [9.17, 15) is 13.2 Å². The molecule has 0 atom stereocenters. The number of hydrogen-bond donors (Lipinski definition) is 1. The van der Waals surface area contributed by atoms with E-state index in [4.69, 9.17) is 9.47 Å². The number of nitrogens with one attached hydrogen (secondary N) is 1. The van der Waals surface area contributed by atoms with Crippen molar-refractivity contribution in [3.05, 3.63) is 72.8 Å². The number of benzene rings is 3. The Labute approximate surface area is 215 Å². The van der Waals surface area contributed by atoms with Gasteiger partial charge in [0.05, 0.1) is 17.1 Å². The Hall–Kier alpha value is -3.05. The zero-order chi connectivity index (χ0) is 25.0. The molecule has 0 bridgehead atoms. The van der Waals surface area contributed by atoms with Gasteiger partial charge in [-0.05, 0) is 36.4 Å². The Morgan fingerprint density at radius 1 is 0.861 bits per heavy atom. The van der Waals surface area contributed by atoms with E-state index < -0.39 is 10.0 Å². The third-order valence-electron chi connectivity index (χ3n) is 5.98. The van der Waals surface area contributed by atoms with Crippen LogP contribution in [0.25, 0.3) is 0 Å². The first-order valence-corrected chi connectivity index (χ1v) is 14.0. The summed E-state index contributed by atoms with van der Waals surface area (Å²) in [5, 5.41) is 3.02. The molecule has 2 aliphatic heterocycles. The van der Waals surface area contributed by atoms with Crippen molar-refractivity contribution in [3.63, 3.8) is 0 Å². The molecule has 3 aromatic carbocycles. The molecule has 2 heterocycles. The van der Waals surface area contributed by atoms with Crippen LogP contribution >= 0.6 is 11.8 Å². The van der Waals surface area contributed by atoms with Gasteiger partial charge in [0.2, 0.25) is 15.9 Å². The second kappa shape index (κ2) is 10.9. The van der Waals surface area contributed by atoms with E-state index in [1.54, 1.807) is 23.9 Å². The van der Waals surface area contributed by atoms with Crippen molar-refractivity contribution in [1.29, 1.82) is 0 Å². The number of hydrogen-bond acceptors (Lipinski definition) is 7. The first-order valence-electron chi connectivity index (χ1n) is 11.7. The van der Waals surface area contributed by atoms with Crippen LogP contribution in [0.5, 0.6) is 11.5 Å². The highest BCUT2D eigenvalue weighted by atomic mass is 32.2. The molecule has 2 aliphatic rings. The summed E-state index contributed by atoms with van der Waals surface area (Å²) in [7, 11) is -3.66. The third kappa shape index (κ3) is 5.67. The smallest absolute Gasteiger partial charge is 0.243 e. The molecule has 0 aliphatic carbocycles. The van der Waals surface area contributed by atoms with Crippen molar-refractivity contribution in [2.45, 2.75) is 14.7 Å². The maximum absolute atomic E-state index is 13.2. The lowest BCUT2D eigenvalue weighted by Crippen LogP contribution is -2.50. The molecule has 3 aromatic rings. The van der Waals surface area contributed by atoms with Crippen molar-refractivity contribution >= 4 is 33.4 Å². The van der Waals surface area contributed by atoms with E-state index in [-0.39, 0.29) is 17.3 Å². The number of ether oxygens (including phenoxy) is 2. The van der Waals surface area contributed by atoms with Crippen molar-refractivity contribution < 1.29 is 22.7 Å². The number of nitrogens with zero attached hydrogens (tertiary/aromatic N) is 2. The minimum Gasteiger partial charge on any atom is -0.486 e. The highest BCUT2D eigenvalue weighted by Crippen LogP contribution is 2.34. The predicted octanol–water partition coefficient (Wildman–Crippen LogP) is 3.55. The summed E-state index contributed by atoms with van der Waals surface area (Å²) in [5.74, 6) is 0.877. The predicted molar refractivity (Wildman–Crippen MR) is 138 cm³/mol. The number of anilines is 1. The molecular formula is C26H27N3O5S2. The van der Waals surface area contributed by atoms with Crippen molar-refractivity contribution in [3.8, 4) is 11.5 Å². The lowest BCUT2D eigenvalue weighted by Gasteiger charge is -2.33. The molecule has 0 unspecified atom stereocenters. The van der Waals surface area contributed by atoms with E-state index in [1.807, 2.05) is 59.5 Å². The number of rotatable bonds is 7. The van der Waals surface area contributed by atoms with Gasteiger partial charge in [0.15, 0.2) is 11.5 Å². The molecule has 5 rings (SSSR count). The van der Waals surface area contributed by atoms with E-state index >= 15 is 0 Å².